The van der Waals surface area contributed by atoms with E-state index < -0.39 is 0 Å². The number of hydrogen-bond acceptors (Lipinski definition) is 4. The van der Waals surface area contributed by atoms with E-state index in [-0.39, 0.29) is 12.2 Å². The average molecular weight is 260 g/mol. The van der Waals surface area contributed by atoms with E-state index in [1.807, 2.05) is 30.3 Å². The minimum absolute atomic E-state index is 0.0505. The number of methoxy groups -OCH3 is 1. The van der Waals surface area contributed by atoms with Crippen LogP contribution in [0, 0.1) is 11.3 Å². The predicted octanol–water partition coefficient (Wildman–Crippen LogP) is 2.25. The molecule has 0 aromatic heterocycles. The smallest absolute Gasteiger partial charge is 0.174 e. The van der Waals surface area contributed by atoms with Crippen molar-refractivity contribution in [3.63, 3.8) is 0 Å². The molecule has 0 aliphatic heterocycles. The van der Waals surface area contributed by atoms with Crippen LogP contribution in [0.1, 0.15) is 24.8 Å². The summed E-state index contributed by atoms with van der Waals surface area (Å²) >= 11 is 0. The van der Waals surface area contributed by atoms with Gasteiger partial charge in [0.15, 0.2) is 6.61 Å². The van der Waals surface area contributed by atoms with Crippen LogP contribution >= 0.6 is 0 Å². The van der Waals surface area contributed by atoms with E-state index >= 15 is 0 Å². The Morgan fingerprint density at radius 3 is 2.89 bits per heavy atom. The standard InChI is InChI=1S/C15H20N2O2/c1-18-15(6-3-7-15)12-17-11-13-4-2-5-14(10-13)19-9-8-16/h2,4-5,10,17H,3,6-7,9,11-12H2,1H3. The lowest BCUT2D eigenvalue weighted by Crippen LogP contribution is -2.47. The molecule has 1 aromatic rings. The second-order valence-electron chi connectivity index (χ2n) is 4.94. The number of ether oxygens (including phenoxy) is 2. The van der Waals surface area contributed by atoms with Gasteiger partial charge in [-0.2, -0.15) is 5.26 Å². The Hall–Kier alpha value is -1.57. The first-order valence-corrected chi connectivity index (χ1v) is 6.63. The summed E-state index contributed by atoms with van der Waals surface area (Å²) in [5, 5.41) is 11.9. The molecule has 0 spiro atoms. The van der Waals surface area contributed by atoms with Gasteiger partial charge in [0, 0.05) is 20.2 Å². The molecule has 4 heteroatoms. The maximum Gasteiger partial charge on any atom is 0.174 e. The molecule has 1 fully saturated rings. The minimum atomic E-state index is 0.0505. The van der Waals surface area contributed by atoms with E-state index in [2.05, 4.69) is 5.32 Å². The van der Waals surface area contributed by atoms with Gasteiger partial charge in [0.1, 0.15) is 11.8 Å². The van der Waals surface area contributed by atoms with Gasteiger partial charge in [-0.3, -0.25) is 0 Å². The Morgan fingerprint density at radius 1 is 1.42 bits per heavy atom. The minimum Gasteiger partial charge on any atom is -0.479 e. The number of nitrogens with one attached hydrogen (secondary N) is 1. The molecule has 1 aliphatic rings. The van der Waals surface area contributed by atoms with E-state index in [1.165, 1.54) is 6.42 Å². The number of nitriles is 1. The summed E-state index contributed by atoms with van der Waals surface area (Å²) in [7, 11) is 1.79. The van der Waals surface area contributed by atoms with Crippen molar-refractivity contribution in [2.75, 3.05) is 20.3 Å². The zero-order valence-electron chi connectivity index (χ0n) is 11.3. The van der Waals surface area contributed by atoms with Crippen molar-refractivity contribution in [1.82, 2.24) is 5.32 Å². The Morgan fingerprint density at radius 2 is 2.26 bits per heavy atom. The number of nitrogens with zero attached hydrogens (tertiary/aromatic N) is 1. The normalized spacial score (nSPS) is 16.4. The van der Waals surface area contributed by atoms with E-state index in [0.717, 1.165) is 37.2 Å². The fraction of sp³-hybridized carbons (Fsp3) is 0.533. The lowest BCUT2D eigenvalue weighted by Gasteiger charge is -2.40. The third kappa shape index (κ3) is 3.69. The van der Waals surface area contributed by atoms with Crippen molar-refractivity contribution >= 4 is 0 Å². The summed E-state index contributed by atoms with van der Waals surface area (Å²) in [6, 6.07) is 9.79. The molecule has 0 unspecified atom stereocenters. The molecule has 1 aromatic carbocycles. The molecule has 1 saturated carbocycles. The molecule has 0 heterocycles. The first kappa shape index (κ1) is 13.9. The van der Waals surface area contributed by atoms with E-state index in [1.54, 1.807) is 7.11 Å². The van der Waals surface area contributed by atoms with Crippen LogP contribution in [-0.4, -0.2) is 25.9 Å². The second-order valence-corrected chi connectivity index (χ2v) is 4.94. The lowest BCUT2D eigenvalue weighted by molar-refractivity contribution is -0.0695. The van der Waals surface area contributed by atoms with Crippen LogP contribution in [0.5, 0.6) is 5.75 Å². The van der Waals surface area contributed by atoms with Gasteiger partial charge >= 0.3 is 0 Å². The van der Waals surface area contributed by atoms with Gasteiger partial charge in [-0.25, -0.2) is 0 Å². The Bertz CT molecular complexity index is 444. The quantitative estimate of drug-likeness (QED) is 0.817. The van der Waals surface area contributed by atoms with Gasteiger partial charge in [0.25, 0.3) is 0 Å². The Labute approximate surface area is 114 Å². The van der Waals surface area contributed by atoms with E-state index in [4.69, 9.17) is 14.7 Å². The van der Waals surface area contributed by atoms with Gasteiger partial charge in [-0.05, 0) is 37.0 Å². The fourth-order valence-corrected chi connectivity index (χ4v) is 2.32. The first-order valence-electron chi connectivity index (χ1n) is 6.63. The molecule has 2 rings (SSSR count). The maximum atomic E-state index is 8.49. The Balaban J connectivity index is 1.81. The zero-order chi connectivity index (χ0) is 13.6. The molecule has 4 nitrogen and oxygen atoms in total. The molecule has 0 radical (unpaired) electrons. The first-order chi connectivity index (χ1) is 9.28. The molecule has 0 bridgehead atoms. The SMILES string of the molecule is COC1(CNCc2cccc(OCC#N)c2)CCC1. The summed E-state index contributed by atoms with van der Waals surface area (Å²) in [6.45, 7) is 1.76. The second kappa shape index (κ2) is 6.55. The predicted molar refractivity (Wildman–Crippen MR) is 72.8 cm³/mol. The molecule has 102 valence electrons. The highest BCUT2D eigenvalue weighted by molar-refractivity contribution is 5.28. The van der Waals surface area contributed by atoms with Crippen molar-refractivity contribution in [3.05, 3.63) is 29.8 Å². The zero-order valence-corrected chi connectivity index (χ0v) is 11.3. The van der Waals surface area contributed by atoms with Gasteiger partial charge in [0.2, 0.25) is 0 Å². The third-order valence-electron chi connectivity index (χ3n) is 3.68. The van der Waals surface area contributed by atoms with Crippen molar-refractivity contribution in [2.45, 2.75) is 31.4 Å². The van der Waals surface area contributed by atoms with Crippen molar-refractivity contribution in [3.8, 4) is 11.8 Å². The molecule has 19 heavy (non-hydrogen) atoms. The Kier molecular flexibility index (Phi) is 4.78. The van der Waals surface area contributed by atoms with Crippen molar-refractivity contribution in [1.29, 1.82) is 5.26 Å². The lowest BCUT2D eigenvalue weighted by atomic mass is 9.80. The van der Waals surface area contributed by atoms with Crippen molar-refractivity contribution in [2.24, 2.45) is 0 Å². The largest absolute Gasteiger partial charge is 0.479 e. The van der Waals surface area contributed by atoms with Crippen LogP contribution < -0.4 is 10.1 Å². The molecule has 1 N–H and O–H groups in total. The van der Waals surface area contributed by atoms with Crippen LogP contribution in [0.25, 0.3) is 0 Å². The highest BCUT2D eigenvalue weighted by atomic mass is 16.5. The fourth-order valence-electron chi connectivity index (χ4n) is 2.32. The van der Waals surface area contributed by atoms with Gasteiger partial charge in [-0.15, -0.1) is 0 Å². The molecule has 1 aliphatic carbocycles. The maximum absolute atomic E-state index is 8.49. The molecular weight excluding hydrogens is 240 g/mol. The van der Waals surface area contributed by atoms with E-state index in [0.29, 0.717) is 0 Å². The highest BCUT2D eigenvalue weighted by Crippen LogP contribution is 2.34. The van der Waals surface area contributed by atoms with Gasteiger partial charge in [-0.1, -0.05) is 12.1 Å². The topological polar surface area (TPSA) is 54.3 Å². The number of hydrogen-bond donors (Lipinski definition) is 1. The molecule has 0 saturated heterocycles. The van der Waals surface area contributed by atoms with Crippen LogP contribution in [0.4, 0.5) is 0 Å². The summed E-state index contributed by atoms with van der Waals surface area (Å²) in [5.74, 6) is 0.742. The molecule has 0 amide bonds. The van der Waals surface area contributed by atoms with Crippen LogP contribution in [0.3, 0.4) is 0 Å². The third-order valence-corrected chi connectivity index (χ3v) is 3.68. The summed E-state index contributed by atoms with van der Waals surface area (Å²) in [6.07, 6.45) is 3.54. The van der Waals surface area contributed by atoms with Crippen LogP contribution in [-0.2, 0) is 11.3 Å². The van der Waals surface area contributed by atoms with E-state index in [9.17, 15) is 0 Å². The van der Waals surface area contributed by atoms with Crippen LogP contribution in [0.2, 0.25) is 0 Å². The highest BCUT2D eigenvalue weighted by Gasteiger charge is 2.36. The average Bonchev–Trinajstić information content (AvgIpc) is 2.40. The number of rotatable bonds is 7. The van der Waals surface area contributed by atoms with Crippen molar-refractivity contribution < 1.29 is 9.47 Å². The molecule has 0 atom stereocenters. The van der Waals surface area contributed by atoms with Crippen LogP contribution in [0.15, 0.2) is 24.3 Å². The summed E-state index contributed by atoms with van der Waals surface area (Å²) < 4.78 is 10.8. The van der Waals surface area contributed by atoms with Gasteiger partial charge in [0.05, 0.1) is 5.60 Å². The monoisotopic (exact) mass is 260 g/mol. The van der Waals surface area contributed by atoms with Gasteiger partial charge < -0.3 is 14.8 Å². The summed E-state index contributed by atoms with van der Waals surface area (Å²) in [4.78, 5) is 0. The summed E-state index contributed by atoms with van der Waals surface area (Å²) in [5.41, 5.74) is 1.20. The number of benzene rings is 1. The molecular formula is C15H20N2O2.